The van der Waals surface area contributed by atoms with Gasteiger partial charge in [0.1, 0.15) is 0 Å². The topological polar surface area (TPSA) is 78.4 Å². The summed E-state index contributed by atoms with van der Waals surface area (Å²) in [5.41, 5.74) is -0.318. The van der Waals surface area contributed by atoms with Crippen molar-refractivity contribution in [2.45, 2.75) is 46.2 Å². The molecule has 0 radical (unpaired) electrons. The molecule has 0 spiro atoms. The third-order valence-corrected chi connectivity index (χ3v) is 4.10. The number of hydrogen-bond donors (Lipinski definition) is 3. The molecule has 0 saturated carbocycles. The molecule has 0 aliphatic rings. The molecule has 0 fully saturated rings. The SMILES string of the molecule is CC(NC(=O)NC(CC(=O)O)C(C)(C)C)c1cccs1. The number of carbonyl (C=O) groups excluding carboxylic acids is 1. The van der Waals surface area contributed by atoms with Crippen LogP contribution in [-0.2, 0) is 4.79 Å². The first-order valence-electron chi connectivity index (χ1n) is 6.52. The van der Waals surface area contributed by atoms with E-state index < -0.39 is 12.0 Å². The van der Waals surface area contributed by atoms with Crippen molar-refractivity contribution in [2.75, 3.05) is 0 Å². The molecule has 5 nitrogen and oxygen atoms in total. The van der Waals surface area contributed by atoms with Crippen LogP contribution in [0.2, 0.25) is 0 Å². The van der Waals surface area contributed by atoms with Gasteiger partial charge in [-0.15, -0.1) is 11.3 Å². The molecule has 0 aliphatic heterocycles. The van der Waals surface area contributed by atoms with Crippen LogP contribution in [0.1, 0.15) is 45.0 Å². The normalized spacial score (nSPS) is 14.4. The number of thiophene rings is 1. The Hall–Kier alpha value is -1.56. The minimum Gasteiger partial charge on any atom is -0.481 e. The van der Waals surface area contributed by atoms with Crippen LogP contribution >= 0.6 is 11.3 Å². The van der Waals surface area contributed by atoms with Gasteiger partial charge in [0.15, 0.2) is 0 Å². The van der Waals surface area contributed by atoms with E-state index in [2.05, 4.69) is 10.6 Å². The van der Waals surface area contributed by atoms with E-state index in [0.29, 0.717) is 0 Å². The highest BCUT2D eigenvalue weighted by atomic mass is 32.1. The average Bonchev–Trinajstić information content (AvgIpc) is 2.79. The van der Waals surface area contributed by atoms with E-state index in [1.807, 2.05) is 45.2 Å². The first-order valence-corrected chi connectivity index (χ1v) is 7.40. The van der Waals surface area contributed by atoms with Crippen molar-refractivity contribution in [3.8, 4) is 0 Å². The van der Waals surface area contributed by atoms with Crippen molar-refractivity contribution in [1.29, 1.82) is 0 Å². The standard InChI is InChI=1S/C14H22N2O3S/c1-9(10-6-5-7-20-10)15-13(19)16-11(8-12(17)18)14(2,3)4/h5-7,9,11H,8H2,1-4H3,(H,17,18)(H2,15,16,19). The van der Waals surface area contributed by atoms with E-state index in [-0.39, 0.29) is 23.9 Å². The molecule has 3 N–H and O–H groups in total. The van der Waals surface area contributed by atoms with Crippen LogP contribution < -0.4 is 10.6 Å². The Morgan fingerprint density at radius 3 is 2.45 bits per heavy atom. The molecular formula is C14H22N2O3S. The Morgan fingerprint density at radius 2 is 2.00 bits per heavy atom. The second kappa shape index (κ2) is 6.74. The van der Waals surface area contributed by atoms with Gasteiger partial charge in [-0.25, -0.2) is 4.79 Å². The number of carbonyl (C=O) groups is 2. The van der Waals surface area contributed by atoms with Crippen molar-refractivity contribution in [3.05, 3.63) is 22.4 Å². The van der Waals surface area contributed by atoms with Gasteiger partial charge in [-0.1, -0.05) is 26.8 Å². The average molecular weight is 298 g/mol. The maximum Gasteiger partial charge on any atom is 0.315 e. The second-order valence-corrected chi connectivity index (χ2v) is 6.85. The lowest BCUT2D eigenvalue weighted by Gasteiger charge is -2.30. The van der Waals surface area contributed by atoms with Gasteiger partial charge < -0.3 is 15.7 Å². The number of aliphatic carboxylic acids is 1. The largest absolute Gasteiger partial charge is 0.481 e. The molecule has 2 unspecified atom stereocenters. The summed E-state index contributed by atoms with van der Waals surface area (Å²) in [5.74, 6) is -0.920. The van der Waals surface area contributed by atoms with E-state index in [1.165, 1.54) is 0 Å². The number of nitrogens with one attached hydrogen (secondary N) is 2. The van der Waals surface area contributed by atoms with E-state index in [0.717, 1.165) is 4.88 Å². The first kappa shape index (κ1) is 16.5. The van der Waals surface area contributed by atoms with E-state index in [4.69, 9.17) is 5.11 Å². The lowest BCUT2D eigenvalue weighted by Crippen LogP contribution is -2.49. The summed E-state index contributed by atoms with van der Waals surface area (Å²) in [5, 5.41) is 16.5. The molecule has 0 aromatic carbocycles. The fraction of sp³-hybridized carbons (Fsp3) is 0.571. The second-order valence-electron chi connectivity index (χ2n) is 5.87. The summed E-state index contributed by atoms with van der Waals surface area (Å²) in [7, 11) is 0. The number of rotatable bonds is 5. The fourth-order valence-electron chi connectivity index (χ4n) is 1.75. The van der Waals surface area contributed by atoms with Crippen molar-refractivity contribution in [1.82, 2.24) is 10.6 Å². The number of amides is 2. The zero-order valence-electron chi connectivity index (χ0n) is 12.3. The Morgan fingerprint density at radius 1 is 1.35 bits per heavy atom. The molecule has 1 heterocycles. The summed E-state index contributed by atoms with van der Waals surface area (Å²) in [6.07, 6.45) is -0.0930. The lowest BCUT2D eigenvalue weighted by atomic mass is 9.85. The van der Waals surface area contributed by atoms with Gasteiger partial charge >= 0.3 is 12.0 Å². The summed E-state index contributed by atoms with van der Waals surface area (Å²) < 4.78 is 0. The molecule has 0 aliphatic carbocycles. The van der Waals surface area contributed by atoms with Gasteiger partial charge in [-0.05, 0) is 23.8 Å². The monoisotopic (exact) mass is 298 g/mol. The minimum absolute atomic E-state index is 0.0930. The Kier molecular flexibility index (Phi) is 5.56. The number of carboxylic acid groups (broad SMARTS) is 1. The number of urea groups is 1. The van der Waals surface area contributed by atoms with Gasteiger partial charge in [-0.2, -0.15) is 0 Å². The molecule has 2 atom stereocenters. The highest BCUT2D eigenvalue weighted by molar-refractivity contribution is 7.10. The zero-order valence-corrected chi connectivity index (χ0v) is 13.1. The molecule has 0 bridgehead atoms. The molecule has 20 heavy (non-hydrogen) atoms. The highest BCUT2D eigenvalue weighted by Gasteiger charge is 2.28. The Bertz CT molecular complexity index is 451. The Labute approximate surface area is 123 Å². The van der Waals surface area contributed by atoms with Gasteiger partial charge in [0.2, 0.25) is 0 Å². The van der Waals surface area contributed by atoms with Gasteiger partial charge in [0.25, 0.3) is 0 Å². The van der Waals surface area contributed by atoms with Crippen LogP contribution in [0.5, 0.6) is 0 Å². The maximum atomic E-state index is 12.0. The molecule has 1 aromatic heterocycles. The van der Waals surface area contributed by atoms with Crippen molar-refractivity contribution in [2.24, 2.45) is 5.41 Å². The van der Waals surface area contributed by atoms with E-state index in [9.17, 15) is 9.59 Å². The molecule has 0 saturated heterocycles. The van der Waals surface area contributed by atoms with Crippen LogP contribution in [0.15, 0.2) is 17.5 Å². The van der Waals surface area contributed by atoms with E-state index >= 15 is 0 Å². The van der Waals surface area contributed by atoms with Gasteiger partial charge in [0, 0.05) is 10.9 Å². The third-order valence-electron chi connectivity index (χ3n) is 3.05. The fourth-order valence-corrected chi connectivity index (χ4v) is 2.49. The highest BCUT2D eigenvalue weighted by Crippen LogP contribution is 2.22. The van der Waals surface area contributed by atoms with Crippen molar-refractivity contribution in [3.63, 3.8) is 0 Å². The summed E-state index contributed by atoms with van der Waals surface area (Å²) in [6, 6.07) is 3.02. The van der Waals surface area contributed by atoms with Gasteiger partial charge in [-0.3, -0.25) is 4.79 Å². The molecule has 1 aromatic rings. The summed E-state index contributed by atoms with van der Waals surface area (Å²) in [4.78, 5) is 23.9. The smallest absolute Gasteiger partial charge is 0.315 e. The van der Waals surface area contributed by atoms with E-state index in [1.54, 1.807) is 11.3 Å². The van der Waals surface area contributed by atoms with Crippen LogP contribution in [0, 0.1) is 5.41 Å². The molecule has 1 rings (SSSR count). The van der Waals surface area contributed by atoms with Crippen LogP contribution in [0.4, 0.5) is 4.79 Å². The minimum atomic E-state index is -0.920. The molecule has 6 heteroatoms. The van der Waals surface area contributed by atoms with Crippen molar-refractivity contribution >= 4 is 23.3 Å². The molecule has 2 amide bonds. The van der Waals surface area contributed by atoms with Crippen LogP contribution in [-0.4, -0.2) is 23.1 Å². The third kappa shape index (κ3) is 5.21. The number of hydrogen-bond acceptors (Lipinski definition) is 3. The van der Waals surface area contributed by atoms with Crippen LogP contribution in [0.25, 0.3) is 0 Å². The number of carboxylic acids is 1. The quantitative estimate of drug-likeness (QED) is 0.782. The first-order chi connectivity index (χ1) is 9.20. The summed E-state index contributed by atoms with van der Waals surface area (Å²) >= 11 is 1.57. The summed E-state index contributed by atoms with van der Waals surface area (Å²) in [6.45, 7) is 7.62. The van der Waals surface area contributed by atoms with Gasteiger partial charge in [0.05, 0.1) is 12.5 Å². The van der Waals surface area contributed by atoms with Crippen molar-refractivity contribution < 1.29 is 14.7 Å². The predicted molar refractivity (Wildman–Crippen MR) is 79.9 cm³/mol. The zero-order chi connectivity index (χ0) is 15.3. The Balaban J connectivity index is 2.60. The van der Waals surface area contributed by atoms with Crippen LogP contribution in [0.3, 0.4) is 0 Å². The molecule has 112 valence electrons. The lowest BCUT2D eigenvalue weighted by molar-refractivity contribution is -0.138. The maximum absolute atomic E-state index is 12.0. The molecular weight excluding hydrogens is 276 g/mol. The predicted octanol–water partition coefficient (Wildman–Crippen LogP) is 3.00.